The van der Waals surface area contributed by atoms with Crippen LogP contribution in [0.3, 0.4) is 0 Å². The lowest BCUT2D eigenvalue weighted by atomic mass is 10.1. The number of amides is 1. The van der Waals surface area contributed by atoms with Crippen molar-refractivity contribution in [1.82, 2.24) is 15.0 Å². The summed E-state index contributed by atoms with van der Waals surface area (Å²) in [6.45, 7) is 3.26. The number of alkyl halides is 5. The fraction of sp³-hybridized carbons (Fsp3) is 0.571. The standard InChI is InChI=1S/C21H22F5N3O5S/c1-4-35(31,32)13-5-6-15(33-11(2)19(3,22)23)14(7-13)16(30)29-9-12-8-20(12,10-29)17-27-18(34-28-17)21(24,25)26/h5-7,11-12H,4,8-10H2,1-3H3. The molecule has 1 saturated carbocycles. The molecule has 2 fully saturated rings. The van der Waals surface area contributed by atoms with E-state index in [0.717, 1.165) is 19.1 Å². The molecule has 4 rings (SSSR count). The number of halogens is 5. The van der Waals surface area contributed by atoms with Crippen LogP contribution in [0.15, 0.2) is 27.6 Å². The Labute approximate surface area is 197 Å². The number of hydrogen-bond acceptors (Lipinski definition) is 7. The number of benzene rings is 1. The Morgan fingerprint density at radius 1 is 1.31 bits per heavy atom. The van der Waals surface area contributed by atoms with Gasteiger partial charge < -0.3 is 14.2 Å². The lowest BCUT2D eigenvalue weighted by Gasteiger charge is -2.25. The van der Waals surface area contributed by atoms with Gasteiger partial charge in [-0.05, 0) is 37.5 Å². The molecule has 14 heteroatoms. The van der Waals surface area contributed by atoms with E-state index >= 15 is 0 Å². The summed E-state index contributed by atoms with van der Waals surface area (Å²) >= 11 is 0. The van der Waals surface area contributed by atoms with Crippen LogP contribution in [0, 0.1) is 5.92 Å². The molecule has 1 amide bonds. The Bertz CT molecular complexity index is 1260. The largest absolute Gasteiger partial charge is 0.484 e. The van der Waals surface area contributed by atoms with Crippen molar-refractivity contribution in [2.45, 2.75) is 55.7 Å². The molecule has 2 heterocycles. The van der Waals surface area contributed by atoms with Crippen LogP contribution in [-0.4, -0.2) is 60.2 Å². The second kappa shape index (κ2) is 8.14. The zero-order valence-electron chi connectivity index (χ0n) is 18.9. The number of aromatic nitrogens is 2. The first-order valence-corrected chi connectivity index (χ1v) is 12.4. The molecular formula is C21H22F5N3O5S. The monoisotopic (exact) mass is 523 g/mol. The number of likely N-dealkylation sites (tertiary alicyclic amines) is 1. The van der Waals surface area contributed by atoms with Crippen molar-refractivity contribution in [2.24, 2.45) is 5.92 Å². The molecule has 1 aromatic carbocycles. The van der Waals surface area contributed by atoms with Gasteiger partial charge in [0.25, 0.3) is 11.8 Å². The number of carbonyl (C=O) groups is 1. The number of nitrogens with zero attached hydrogens (tertiary/aromatic N) is 3. The molecular weight excluding hydrogens is 501 g/mol. The Balaban J connectivity index is 1.64. The Kier molecular flexibility index (Phi) is 5.89. The quantitative estimate of drug-likeness (QED) is 0.510. The number of ether oxygens (including phenoxy) is 1. The molecule has 192 valence electrons. The van der Waals surface area contributed by atoms with Gasteiger partial charge >= 0.3 is 12.1 Å². The third kappa shape index (κ3) is 4.59. The van der Waals surface area contributed by atoms with Crippen LogP contribution < -0.4 is 4.74 Å². The van der Waals surface area contributed by atoms with Crippen LogP contribution in [0.5, 0.6) is 5.75 Å². The first kappa shape index (κ1) is 25.3. The molecule has 1 aromatic heterocycles. The zero-order valence-corrected chi connectivity index (χ0v) is 19.7. The minimum Gasteiger partial charge on any atom is -0.484 e. The van der Waals surface area contributed by atoms with Gasteiger partial charge in [-0.25, -0.2) is 17.2 Å². The SMILES string of the molecule is CCS(=O)(=O)c1ccc(OC(C)C(C)(F)F)c(C(=O)N2CC3CC3(c3noc(C(F)(F)F)n3)C2)c1. The molecule has 35 heavy (non-hydrogen) atoms. The maximum atomic E-state index is 13.7. The summed E-state index contributed by atoms with van der Waals surface area (Å²) in [6, 6.07) is 3.40. The van der Waals surface area contributed by atoms with Gasteiger partial charge in [0.1, 0.15) is 5.75 Å². The normalized spacial score (nSPS) is 23.2. The molecule has 1 aliphatic carbocycles. The highest BCUT2D eigenvalue weighted by molar-refractivity contribution is 7.91. The number of hydrogen-bond donors (Lipinski definition) is 0. The first-order chi connectivity index (χ1) is 16.1. The van der Waals surface area contributed by atoms with Crippen LogP contribution >= 0.6 is 0 Å². The van der Waals surface area contributed by atoms with Gasteiger partial charge in [0.05, 0.1) is 21.6 Å². The van der Waals surface area contributed by atoms with Crippen LogP contribution in [0.2, 0.25) is 0 Å². The van der Waals surface area contributed by atoms with E-state index in [0.29, 0.717) is 13.3 Å². The van der Waals surface area contributed by atoms with Crippen molar-refractivity contribution in [1.29, 1.82) is 0 Å². The minimum atomic E-state index is -4.81. The number of rotatable bonds is 7. The Morgan fingerprint density at radius 2 is 2.00 bits per heavy atom. The van der Waals surface area contributed by atoms with E-state index in [-0.39, 0.29) is 46.8 Å². The maximum Gasteiger partial charge on any atom is 0.471 e. The summed E-state index contributed by atoms with van der Waals surface area (Å²) in [6.07, 6.45) is -5.99. The second-order valence-corrected chi connectivity index (χ2v) is 11.2. The minimum absolute atomic E-state index is 0.0446. The van der Waals surface area contributed by atoms with E-state index in [4.69, 9.17) is 4.74 Å². The highest BCUT2D eigenvalue weighted by atomic mass is 32.2. The van der Waals surface area contributed by atoms with Crippen LogP contribution in [0.1, 0.15) is 49.3 Å². The third-order valence-corrected chi connectivity index (χ3v) is 8.22. The lowest BCUT2D eigenvalue weighted by molar-refractivity contribution is -0.159. The third-order valence-electron chi connectivity index (χ3n) is 6.49. The average Bonchev–Trinajstić information content (AvgIpc) is 3.13. The van der Waals surface area contributed by atoms with Crippen molar-refractivity contribution in [3.8, 4) is 5.75 Å². The molecule has 8 nitrogen and oxygen atoms in total. The summed E-state index contributed by atoms with van der Waals surface area (Å²) in [5, 5.41) is 3.45. The molecule has 1 aliphatic heterocycles. The summed E-state index contributed by atoms with van der Waals surface area (Å²) in [5.41, 5.74) is -1.16. The summed E-state index contributed by atoms with van der Waals surface area (Å²) < 4.78 is 100. The topological polar surface area (TPSA) is 103 Å². The van der Waals surface area contributed by atoms with Crippen molar-refractivity contribution in [3.63, 3.8) is 0 Å². The predicted molar refractivity (Wildman–Crippen MR) is 110 cm³/mol. The van der Waals surface area contributed by atoms with Gasteiger partial charge in [0.15, 0.2) is 21.8 Å². The molecule has 0 N–H and O–H groups in total. The molecule has 3 unspecified atom stereocenters. The lowest BCUT2D eigenvalue weighted by Crippen LogP contribution is -2.35. The predicted octanol–water partition coefficient (Wildman–Crippen LogP) is 3.72. The number of fused-ring (bicyclic) bond motifs is 1. The number of carbonyl (C=O) groups excluding carboxylic acids is 1. The van der Waals surface area contributed by atoms with Gasteiger partial charge in [0.2, 0.25) is 0 Å². The van der Waals surface area contributed by atoms with E-state index in [1.54, 1.807) is 0 Å². The smallest absolute Gasteiger partial charge is 0.471 e. The number of sulfone groups is 1. The summed E-state index contributed by atoms with van der Waals surface area (Å²) in [4.78, 5) is 18.0. The van der Waals surface area contributed by atoms with Crippen LogP contribution in [-0.2, 0) is 21.4 Å². The van der Waals surface area contributed by atoms with Crippen molar-refractivity contribution >= 4 is 15.7 Å². The van der Waals surface area contributed by atoms with Gasteiger partial charge in [-0.1, -0.05) is 12.1 Å². The van der Waals surface area contributed by atoms with Crippen molar-refractivity contribution in [2.75, 3.05) is 18.8 Å². The first-order valence-electron chi connectivity index (χ1n) is 10.7. The van der Waals surface area contributed by atoms with Gasteiger partial charge in [-0.2, -0.15) is 18.2 Å². The molecule has 0 radical (unpaired) electrons. The van der Waals surface area contributed by atoms with E-state index in [9.17, 15) is 35.2 Å². The summed E-state index contributed by atoms with van der Waals surface area (Å²) in [7, 11) is -3.73. The Morgan fingerprint density at radius 3 is 2.57 bits per heavy atom. The molecule has 0 bridgehead atoms. The highest BCUT2D eigenvalue weighted by Gasteiger charge is 2.65. The molecule has 2 aromatic rings. The highest BCUT2D eigenvalue weighted by Crippen LogP contribution is 2.58. The molecule has 0 spiro atoms. The van der Waals surface area contributed by atoms with Crippen molar-refractivity contribution < 1.29 is 44.4 Å². The van der Waals surface area contributed by atoms with E-state index < -0.39 is 45.3 Å². The Hall–Kier alpha value is -2.77. The number of piperidine rings is 1. The second-order valence-electron chi connectivity index (χ2n) is 8.94. The van der Waals surface area contributed by atoms with E-state index in [1.807, 2.05) is 0 Å². The van der Waals surface area contributed by atoms with Crippen LogP contribution in [0.4, 0.5) is 22.0 Å². The fourth-order valence-corrected chi connectivity index (χ4v) is 5.03. The summed E-state index contributed by atoms with van der Waals surface area (Å²) in [5.74, 6) is -6.31. The molecule has 3 atom stereocenters. The van der Waals surface area contributed by atoms with Crippen LogP contribution in [0.25, 0.3) is 0 Å². The molecule has 1 saturated heterocycles. The average molecular weight is 523 g/mol. The zero-order chi connectivity index (χ0) is 26.0. The van der Waals surface area contributed by atoms with Gasteiger partial charge in [-0.3, -0.25) is 4.79 Å². The van der Waals surface area contributed by atoms with Gasteiger partial charge in [-0.15, -0.1) is 0 Å². The van der Waals surface area contributed by atoms with Gasteiger partial charge in [0, 0.05) is 20.0 Å². The maximum absolute atomic E-state index is 13.7. The van der Waals surface area contributed by atoms with E-state index in [2.05, 4.69) is 14.7 Å². The van der Waals surface area contributed by atoms with E-state index in [1.165, 1.54) is 17.9 Å². The van der Waals surface area contributed by atoms with Crippen molar-refractivity contribution in [3.05, 3.63) is 35.5 Å². The fourth-order valence-electron chi connectivity index (χ4n) is 4.13. The molecule has 2 aliphatic rings.